The fourth-order valence-electron chi connectivity index (χ4n) is 0.993. The van der Waals surface area contributed by atoms with Crippen LogP contribution in [-0.2, 0) is 0 Å². The van der Waals surface area contributed by atoms with E-state index in [0.29, 0.717) is 16.0 Å². The molecule has 0 aliphatic rings. The van der Waals surface area contributed by atoms with E-state index in [-0.39, 0.29) is 13.2 Å². The molecule has 0 atom stereocenters. The maximum absolute atomic E-state index is 11.8. The summed E-state index contributed by atoms with van der Waals surface area (Å²) >= 11 is 3.25. The molecule has 1 aromatic carbocycles. The molecule has 0 aliphatic heterocycles. The first kappa shape index (κ1) is 12.2. The first-order valence-corrected chi connectivity index (χ1v) is 5.24. The van der Waals surface area contributed by atoms with Crippen molar-refractivity contribution in [3.05, 3.63) is 22.7 Å². The summed E-state index contributed by atoms with van der Waals surface area (Å²) in [6.07, 6.45) is 0. The Hall–Kier alpha value is -0.840. The molecule has 5 heteroatoms. The van der Waals surface area contributed by atoms with Crippen LogP contribution in [0.4, 0.5) is 8.78 Å². The molecule has 84 valence electrons. The van der Waals surface area contributed by atoms with Crippen molar-refractivity contribution in [3.8, 4) is 11.5 Å². The molecule has 0 bridgehead atoms. The zero-order chi connectivity index (χ0) is 11.1. The van der Waals surface area contributed by atoms with Crippen molar-refractivity contribution < 1.29 is 18.3 Å². The molecule has 0 radical (unpaired) electrons. The van der Waals surface area contributed by atoms with E-state index < -0.39 is 13.3 Å². The Bertz CT molecular complexity index is 307. The molecular formula is C10H11BrF2O2. The summed E-state index contributed by atoms with van der Waals surface area (Å²) in [7, 11) is 0. The highest BCUT2D eigenvalue weighted by Gasteiger charge is 2.03. The number of ether oxygens (including phenoxy) is 2. The van der Waals surface area contributed by atoms with Crippen LogP contribution in [0.1, 0.15) is 0 Å². The van der Waals surface area contributed by atoms with Crippen LogP contribution in [0.5, 0.6) is 11.5 Å². The number of halogens is 3. The molecule has 0 saturated heterocycles. The molecule has 2 nitrogen and oxygen atoms in total. The van der Waals surface area contributed by atoms with Gasteiger partial charge in [0.1, 0.15) is 38.1 Å². The maximum Gasteiger partial charge on any atom is 0.133 e. The predicted molar refractivity (Wildman–Crippen MR) is 57.1 cm³/mol. The van der Waals surface area contributed by atoms with E-state index in [1.54, 1.807) is 18.2 Å². The fraction of sp³-hybridized carbons (Fsp3) is 0.400. The number of benzene rings is 1. The van der Waals surface area contributed by atoms with Crippen molar-refractivity contribution in [1.82, 2.24) is 0 Å². The van der Waals surface area contributed by atoms with Crippen molar-refractivity contribution in [3.63, 3.8) is 0 Å². The van der Waals surface area contributed by atoms with Crippen molar-refractivity contribution in [1.29, 1.82) is 0 Å². The predicted octanol–water partition coefficient (Wildman–Crippen LogP) is 3.15. The van der Waals surface area contributed by atoms with Gasteiger partial charge >= 0.3 is 0 Å². The molecule has 0 fully saturated rings. The van der Waals surface area contributed by atoms with Crippen LogP contribution in [0, 0.1) is 0 Å². The van der Waals surface area contributed by atoms with Gasteiger partial charge in [0.05, 0.1) is 4.47 Å². The molecule has 0 amide bonds. The number of rotatable bonds is 6. The third-order valence-electron chi connectivity index (χ3n) is 1.58. The Kier molecular flexibility index (Phi) is 5.39. The molecule has 0 aromatic heterocycles. The van der Waals surface area contributed by atoms with Gasteiger partial charge in [-0.15, -0.1) is 0 Å². The average molecular weight is 281 g/mol. The summed E-state index contributed by atoms with van der Waals surface area (Å²) in [5.74, 6) is 1.09. The van der Waals surface area contributed by atoms with E-state index in [0.717, 1.165) is 0 Å². The van der Waals surface area contributed by atoms with Crippen molar-refractivity contribution in [2.24, 2.45) is 0 Å². The van der Waals surface area contributed by atoms with E-state index in [9.17, 15) is 8.78 Å². The van der Waals surface area contributed by atoms with Gasteiger partial charge in [0.2, 0.25) is 0 Å². The van der Waals surface area contributed by atoms with E-state index in [4.69, 9.17) is 9.47 Å². The van der Waals surface area contributed by atoms with E-state index in [1.165, 1.54) is 0 Å². The number of hydrogen-bond acceptors (Lipinski definition) is 2. The van der Waals surface area contributed by atoms with Crippen molar-refractivity contribution in [2.45, 2.75) is 0 Å². The fourth-order valence-corrected chi connectivity index (χ4v) is 1.47. The normalized spacial score (nSPS) is 10.1. The second-order valence-electron chi connectivity index (χ2n) is 2.67. The van der Waals surface area contributed by atoms with Gasteiger partial charge in [-0.25, -0.2) is 8.78 Å². The topological polar surface area (TPSA) is 18.5 Å². The quantitative estimate of drug-likeness (QED) is 0.797. The Labute approximate surface area is 95.3 Å². The monoisotopic (exact) mass is 280 g/mol. The highest BCUT2D eigenvalue weighted by atomic mass is 79.9. The summed E-state index contributed by atoms with van der Waals surface area (Å²) in [6.45, 7) is -1.02. The lowest BCUT2D eigenvalue weighted by Crippen LogP contribution is -2.01. The third-order valence-corrected chi connectivity index (χ3v) is 2.20. The molecule has 15 heavy (non-hydrogen) atoms. The Morgan fingerprint density at radius 2 is 1.73 bits per heavy atom. The molecule has 0 saturated carbocycles. The number of hydrogen-bond donors (Lipinski definition) is 0. The van der Waals surface area contributed by atoms with Crippen LogP contribution in [-0.4, -0.2) is 26.6 Å². The minimum absolute atomic E-state index is 0.0171. The van der Waals surface area contributed by atoms with Gasteiger partial charge in [0, 0.05) is 0 Å². The zero-order valence-corrected chi connectivity index (χ0v) is 9.60. The van der Waals surface area contributed by atoms with Crippen LogP contribution in [0.3, 0.4) is 0 Å². The second kappa shape index (κ2) is 6.61. The third kappa shape index (κ3) is 4.03. The Morgan fingerprint density at radius 3 is 2.33 bits per heavy atom. The van der Waals surface area contributed by atoms with Gasteiger partial charge in [-0.05, 0) is 34.1 Å². The minimum Gasteiger partial charge on any atom is -0.491 e. The SMILES string of the molecule is FCCOc1ccc(OCCF)c(Br)c1. The summed E-state index contributed by atoms with van der Waals surface area (Å²) in [4.78, 5) is 0. The minimum atomic E-state index is -0.535. The van der Waals surface area contributed by atoms with E-state index >= 15 is 0 Å². The smallest absolute Gasteiger partial charge is 0.133 e. The lowest BCUT2D eigenvalue weighted by molar-refractivity contribution is 0.265. The molecule has 0 spiro atoms. The molecule has 0 aliphatic carbocycles. The van der Waals surface area contributed by atoms with Crippen LogP contribution < -0.4 is 9.47 Å². The van der Waals surface area contributed by atoms with E-state index in [2.05, 4.69) is 15.9 Å². The van der Waals surface area contributed by atoms with Crippen molar-refractivity contribution >= 4 is 15.9 Å². The maximum atomic E-state index is 11.8. The van der Waals surface area contributed by atoms with Gasteiger partial charge in [-0.2, -0.15) is 0 Å². The first-order chi connectivity index (χ1) is 7.27. The molecule has 0 heterocycles. The first-order valence-electron chi connectivity index (χ1n) is 4.45. The molecular weight excluding hydrogens is 270 g/mol. The number of alkyl halides is 2. The van der Waals surface area contributed by atoms with Gasteiger partial charge in [-0.3, -0.25) is 0 Å². The summed E-state index contributed by atoms with van der Waals surface area (Å²) in [5, 5.41) is 0. The Morgan fingerprint density at radius 1 is 1.07 bits per heavy atom. The Balaban J connectivity index is 2.61. The molecule has 0 unspecified atom stereocenters. The molecule has 1 aromatic rings. The summed E-state index contributed by atoms with van der Waals surface area (Å²) in [6, 6.07) is 4.95. The van der Waals surface area contributed by atoms with Crippen LogP contribution in [0.2, 0.25) is 0 Å². The van der Waals surface area contributed by atoms with Crippen LogP contribution >= 0.6 is 15.9 Å². The molecule has 0 N–H and O–H groups in total. The van der Waals surface area contributed by atoms with Crippen LogP contribution in [0.15, 0.2) is 22.7 Å². The summed E-state index contributed by atoms with van der Waals surface area (Å²) < 4.78 is 34.5. The highest BCUT2D eigenvalue weighted by molar-refractivity contribution is 9.10. The molecule has 1 rings (SSSR count). The van der Waals surface area contributed by atoms with Crippen LogP contribution in [0.25, 0.3) is 0 Å². The average Bonchev–Trinajstić information content (AvgIpc) is 2.25. The van der Waals surface area contributed by atoms with Gasteiger partial charge in [-0.1, -0.05) is 0 Å². The van der Waals surface area contributed by atoms with E-state index in [1.807, 2.05) is 0 Å². The largest absolute Gasteiger partial charge is 0.491 e. The lowest BCUT2D eigenvalue weighted by Gasteiger charge is -2.08. The van der Waals surface area contributed by atoms with Gasteiger partial charge in [0.15, 0.2) is 0 Å². The summed E-state index contributed by atoms with van der Waals surface area (Å²) in [5.41, 5.74) is 0. The zero-order valence-electron chi connectivity index (χ0n) is 8.01. The van der Waals surface area contributed by atoms with Gasteiger partial charge < -0.3 is 9.47 Å². The second-order valence-corrected chi connectivity index (χ2v) is 3.52. The highest BCUT2D eigenvalue weighted by Crippen LogP contribution is 2.29. The standard InChI is InChI=1S/C10H11BrF2O2/c11-9-7-8(14-5-3-12)1-2-10(9)15-6-4-13/h1-2,7H,3-6H2. The van der Waals surface area contributed by atoms with Crippen molar-refractivity contribution in [2.75, 3.05) is 26.6 Å². The lowest BCUT2D eigenvalue weighted by atomic mass is 10.3. The van der Waals surface area contributed by atoms with Gasteiger partial charge in [0.25, 0.3) is 0 Å².